The van der Waals surface area contributed by atoms with Crippen LogP contribution in [0.15, 0.2) is 53.9 Å². The first kappa shape index (κ1) is 18.7. The molecule has 5 aliphatic rings. The summed E-state index contributed by atoms with van der Waals surface area (Å²) in [6.07, 6.45) is 5.33. The number of imide groups is 1. The second-order valence-corrected chi connectivity index (χ2v) is 9.61. The van der Waals surface area contributed by atoms with Crippen molar-refractivity contribution in [3.63, 3.8) is 0 Å². The Kier molecular flexibility index (Phi) is 4.05. The molecule has 6 nitrogen and oxygen atoms in total. The van der Waals surface area contributed by atoms with Gasteiger partial charge in [-0.1, -0.05) is 30.4 Å². The van der Waals surface area contributed by atoms with Gasteiger partial charge in [0.15, 0.2) is 6.61 Å². The normalized spacial score (nSPS) is 32.1. The van der Waals surface area contributed by atoms with Crippen molar-refractivity contribution >= 4 is 40.6 Å². The van der Waals surface area contributed by atoms with E-state index in [1.54, 1.807) is 35.7 Å². The summed E-state index contributed by atoms with van der Waals surface area (Å²) in [7, 11) is 0. The lowest BCUT2D eigenvalue weighted by molar-refractivity contribution is -0.124. The van der Waals surface area contributed by atoms with Gasteiger partial charge in [0, 0.05) is 0 Å². The van der Waals surface area contributed by atoms with E-state index in [4.69, 9.17) is 4.74 Å². The molecule has 1 aliphatic heterocycles. The number of hydrogen-bond donors (Lipinski definition) is 0. The van der Waals surface area contributed by atoms with Crippen LogP contribution in [0.4, 0.5) is 5.69 Å². The number of anilines is 1. The van der Waals surface area contributed by atoms with Crippen LogP contribution in [0.5, 0.6) is 0 Å². The maximum absolute atomic E-state index is 13.4. The van der Waals surface area contributed by atoms with Crippen molar-refractivity contribution in [3.05, 3.63) is 64.4 Å². The largest absolute Gasteiger partial charge is 0.454 e. The summed E-state index contributed by atoms with van der Waals surface area (Å²) in [4.78, 5) is 53.4. The molecule has 2 bridgehead atoms. The standard InChI is InChI=1S/C24H19NO5S/c26-18(19-6-3-9-31-19)11-30-24(29)14-4-1-2-5-17(14)25-22(27)20-12-7-8-13(16-10-15(12)16)21(20)23(25)28/h1-9,12-13,15-16,20-21H,10-11H2/t12-,13-,15-,16+,20-,21+/m0/s1. The molecule has 0 N–H and O–H groups in total. The molecule has 0 unspecified atom stereocenters. The van der Waals surface area contributed by atoms with Crippen molar-refractivity contribution in [3.8, 4) is 0 Å². The van der Waals surface area contributed by atoms with Gasteiger partial charge in [0.1, 0.15) is 0 Å². The number of carbonyl (C=O) groups excluding carboxylic acids is 4. The molecule has 4 aliphatic carbocycles. The van der Waals surface area contributed by atoms with Gasteiger partial charge in [0.05, 0.1) is 28.0 Å². The number of allylic oxidation sites excluding steroid dienone is 2. The minimum Gasteiger partial charge on any atom is -0.454 e. The number of para-hydroxylation sites is 1. The number of esters is 1. The highest BCUT2D eigenvalue weighted by molar-refractivity contribution is 7.12. The van der Waals surface area contributed by atoms with E-state index < -0.39 is 12.6 Å². The summed E-state index contributed by atoms with van der Waals surface area (Å²) < 4.78 is 5.24. The van der Waals surface area contributed by atoms with E-state index in [2.05, 4.69) is 12.2 Å². The van der Waals surface area contributed by atoms with Crippen molar-refractivity contribution in [2.75, 3.05) is 11.5 Å². The molecule has 0 spiro atoms. The lowest BCUT2D eigenvalue weighted by Crippen LogP contribution is -2.40. The molecule has 2 aromatic rings. The average molecular weight is 433 g/mol. The Morgan fingerprint density at radius 1 is 0.968 bits per heavy atom. The van der Waals surface area contributed by atoms with Gasteiger partial charge >= 0.3 is 5.97 Å². The molecular weight excluding hydrogens is 414 g/mol. The van der Waals surface area contributed by atoms with Crippen LogP contribution < -0.4 is 4.90 Å². The van der Waals surface area contributed by atoms with Gasteiger partial charge < -0.3 is 4.74 Å². The summed E-state index contributed by atoms with van der Waals surface area (Å²) in [6, 6.07) is 9.90. The number of Topliss-reactive ketones (excluding diaryl/α,β-unsaturated/α-hetero) is 1. The summed E-state index contributed by atoms with van der Waals surface area (Å²) in [6.45, 7) is -0.391. The Labute approximate surface area is 182 Å². The zero-order chi connectivity index (χ0) is 21.3. The number of amides is 2. The Balaban J connectivity index is 1.27. The lowest BCUT2D eigenvalue weighted by atomic mass is 9.63. The smallest absolute Gasteiger partial charge is 0.340 e. The van der Waals surface area contributed by atoms with E-state index in [9.17, 15) is 19.2 Å². The van der Waals surface area contributed by atoms with E-state index >= 15 is 0 Å². The highest BCUT2D eigenvalue weighted by Gasteiger charge is 2.67. The fourth-order valence-electron chi connectivity index (χ4n) is 5.75. The fraction of sp³-hybridized carbons (Fsp3) is 0.333. The third kappa shape index (κ3) is 2.69. The monoisotopic (exact) mass is 433 g/mol. The molecule has 3 fully saturated rings. The molecule has 2 saturated carbocycles. The second-order valence-electron chi connectivity index (χ2n) is 8.66. The first-order chi connectivity index (χ1) is 15.1. The van der Waals surface area contributed by atoms with E-state index in [-0.39, 0.29) is 52.5 Å². The second kappa shape index (κ2) is 6.72. The first-order valence-corrected chi connectivity index (χ1v) is 11.3. The van der Waals surface area contributed by atoms with Crippen LogP contribution in [-0.4, -0.2) is 30.2 Å². The molecule has 156 valence electrons. The third-order valence-corrected chi connectivity index (χ3v) is 8.07. The molecule has 6 atom stereocenters. The van der Waals surface area contributed by atoms with Crippen LogP contribution >= 0.6 is 11.3 Å². The summed E-state index contributed by atoms with van der Waals surface area (Å²) in [5, 5.41) is 1.78. The Bertz CT molecular complexity index is 1120. The molecule has 7 heteroatoms. The topological polar surface area (TPSA) is 80.8 Å². The van der Waals surface area contributed by atoms with Crippen LogP contribution in [-0.2, 0) is 14.3 Å². The van der Waals surface area contributed by atoms with Crippen LogP contribution in [0.3, 0.4) is 0 Å². The molecule has 2 heterocycles. The van der Waals surface area contributed by atoms with Gasteiger partial charge in [-0.25, -0.2) is 9.69 Å². The molecule has 31 heavy (non-hydrogen) atoms. The number of thiophene rings is 1. The van der Waals surface area contributed by atoms with Crippen molar-refractivity contribution in [1.29, 1.82) is 0 Å². The van der Waals surface area contributed by atoms with Crippen molar-refractivity contribution in [2.45, 2.75) is 6.42 Å². The molecule has 0 radical (unpaired) electrons. The quantitative estimate of drug-likeness (QED) is 0.313. The fourth-order valence-corrected chi connectivity index (χ4v) is 6.40. The predicted octanol–water partition coefficient (Wildman–Crippen LogP) is 3.35. The van der Waals surface area contributed by atoms with Gasteiger partial charge in [-0.3, -0.25) is 14.4 Å². The minimum atomic E-state index is -0.722. The van der Waals surface area contributed by atoms with Gasteiger partial charge in [-0.2, -0.15) is 0 Å². The molecular formula is C24H19NO5S. The Morgan fingerprint density at radius 3 is 2.29 bits per heavy atom. The Morgan fingerprint density at radius 2 is 1.65 bits per heavy atom. The van der Waals surface area contributed by atoms with E-state index in [1.807, 2.05) is 0 Å². The van der Waals surface area contributed by atoms with Gasteiger partial charge in [-0.05, 0) is 53.7 Å². The first-order valence-electron chi connectivity index (χ1n) is 10.5. The van der Waals surface area contributed by atoms with Crippen LogP contribution in [0.1, 0.15) is 26.5 Å². The van der Waals surface area contributed by atoms with Crippen LogP contribution in [0.2, 0.25) is 0 Å². The minimum absolute atomic E-state index is 0.115. The summed E-state index contributed by atoms with van der Waals surface area (Å²) >= 11 is 1.28. The zero-order valence-electron chi connectivity index (χ0n) is 16.5. The Hall–Kier alpha value is -3.06. The van der Waals surface area contributed by atoms with E-state index in [0.29, 0.717) is 16.7 Å². The van der Waals surface area contributed by atoms with Gasteiger partial charge in [0.2, 0.25) is 17.6 Å². The SMILES string of the molecule is O=C(COC(=O)c1ccccc1N1C(=O)[C@@H]2[C@H]3C=C[C@@H]([C@@H]4C[C@H]34)[C@@H]2C1=O)c1cccs1. The summed E-state index contributed by atoms with van der Waals surface area (Å²) in [5.41, 5.74) is 0.362. The van der Waals surface area contributed by atoms with E-state index in [0.717, 1.165) is 6.42 Å². The van der Waals surface area contributed by atoms with Crippen molar-refractivity contribution in [1.82, 2.24) is 0 Å². The number of nitrogens with zero attached hydrogens (tertiary/aromatic N) is 1. The molecule has 2 amide bonds. The molecule has 1 saturated heterocycles. The number of carbonyl (C=O) groups is 4. The maximum Gasteiger partial charge on any atom is 0.340 e. The number of rotatable bonds is 5. The highest BCUT2D eigenvalue weighted by Crippen LogP contribution is 2.65. The number of ketones is 1. The average Bonchev–Trinajstić information content (AvgIpc) is 3.36. The van der Waals surface area contributed by atoms with Crippen molar-refractivity contribution < 1.29 is 23.9 Å². The van der Waals surface area contributed by atoms with E-state index in [1.165, 1.54) is 22.3 Å². The number of benzene rings is 1. The van der Waals surface area contributed by atoms with Gasteiger partial charge in [0.25, 0.3) is 0 Å². The molecule has 1 aromatic carbocycles. The molecule has 1 aromatic heterocycles. The zero-order valence-corrected chi connectivity index (χ0v) is 17.3. The molecule has 7 rings (SSSR count). The predicted molar refractivity (Wildman–Crippen MR) is 113 cm³/mol. The van der Waals surface area contributed by atoms with Gasteiger partial charge in [-0.15, -0.1) is 11.3 Å². The highest BCUT2D eigenvalue weighted by atomic mass is 32.1. The summed E-state index contributed by atoms with van der Waals surface area (Å²) in [5.74, 6) is -0.890. The maximum atomic E-state index is 13.4. The lowest BCUT2D eigenvalue weighted by Gasteiger charge is -2.37. The van der Waals surface area contributed by atoms with Crippen LogP contribution in [0.25, 0.3) is 0 Å². The van der Waals surface area contributed by atoms with Crippen LogP contribution in [0, 0.1) is 35.5 Å². The number of hydrogen-bond acceptors (Lipinski definition) is 6. The van der Waals surface area contributed by atoms with Crippen molar-refractivity contribution in [2.24, 2.45) is 35.5 Å². The number of ether oxygens (including phenoxy) is 1. The third-order valence-electron chi connectivity index (χ3n) is 7.16.